The van der Waals surface area contributed by atoms with Gasteiger partial charge in [0.05, 0.1) is 5.69 Å². The number of nitrogens with zero attached hydrogens (tertiary/aromatic N) is 3. The van der Waals surface area contributed by atoms with Gasteiger partial charge in [0.2, 0.25) is 0 Å². The molecule has 2 saturated heterocycles. The molecule has 1 aromatic heterocycles. The Hall–Kier alpha value is -0.870. The van der Waals surface area contributed by atoms with Crippen LogP contribution in [0, 0.1) is 18.8 Å². The summed E-state index contributed by atoms with van der Waals surface area (Å²) in [5.41, 5.74) is 1.09. The zero-order valence-electron chi connectivity index (χ0n) is 11.0. The number of hydrogen-bond acceptors (Lipinski definition) is 4. The summed E-state index contributed by atoms with van der Waals surface area (Å²) in [5.74, 6) is 2.58. The molecule has 0 aromatic carbocycles. The van der Waals surface area contributed by atoms with Crippen LogP contribution in [-0.2, 0) is 6.54 Å². The van der Waals surface area contributed by atoms with Gasteiger partial charge in [-0.1, -0.05) is 0 Å². The minimum absolute atomic E-state index is 0.782. The predicted octanol–water partition coefficient (Wildman–Crippen LogP) is 1.51. The van der Waals surface area contributed by atoms with Crippen molar-refractivity contribution in [3.8, 4) is 0 Å². The quantitative estimate of drug-likeness (QED) is 0.810. The molecule has 4 rings (SSSR count). The van der Waals surface area contributed by atoms with Gasteiger partial charge in [-0.2, -0.15) is 0 Å². The van der Waals surface area contributed by atoms with E-state index in [-0.39, 0.29) is 0 Å². The van der Waals surface area contributed by atoms with Crippen LogP contribution in [0.4, 0.5) is 0 Å². The lowest BCUT2D eigenvalue weighted by Crippen LogP contribution is -2.30. The van der Waals surface area contributed by atoms with E-state index in [1.165, 1.54) is 39.0 Å². The second-order valence-corrected chi connectivity index (χ2v) is 6.26. The van der Waals surface area contributed by atoms with Crippen molar-refractivity contribution in [3.05, 3.63) is 17.8 Å². The fraction of sp³-hybridized carbons (Fsp3) is 0.786. The molecular weight excluding hydrogens is 226 g/mol. The first-order chi connectivity index (χ1) is 8.78. The van der Waals surface area contributed by atoms with Crippen LogP contribution in [0.2, 0.25) is 0 Å². The SMILES string of the molecule is Cc1nc(CN2CC3CN(C4CC4)CC3C2)co1. The maximum absolute atomic E-state index is 5.28. The summed E-state index contributed by atoms with van der Waals surface area (Å²) in [7, 11) is 0. The number of likely N-dealkylation sites (tertiary alicyclic amines) is 2. The van der Waals surface area contributed by atoms with Crippen LogP contribution in [0.15, 0.2) is 10.7 Å². The third kappa shape index (κ3) is 1.97. The molecule has 0 radical (unpaired) electrons. The average molecular weight is 247 g/mol. The summed E-state index contributed by atoms with van der Waals surface area (Å²) in [5, 5.41) is 0. The highest BCUT2D eigenvalue weighted by atomic mass is 16.3. The molecule has 0 bridgehead atoms. The number of aryl methyl sites for hydroxylation is 1. The molecule has 2 unspecified atom stereocenters. The van der Waals surface area contributed by atoms with Gasteiger partial charge >= 0.3 is 0 Å². The van der Waals surface area contributed by atoms with E-state index in [4.69, 9.17) is 4.42 Å². The molecule has 0 spiro atoms. The number of rotatable bonds is 3. The molecule has 1 aromatic rings. The van der Waals surface area contributed by atoms with Crippen LogP contribution < -0.4 is 0 Å². The van der Waals surface area contributed by atoms with E-state index in [0.717, 1.165) is 36.0 Å². The highest BCUT2D eigenvalue weighted by molar-refractivity contribution is 5.01. The van der Waals surface area contributed by atoms with Crippen molar-refractivity contribution in [2.75, 3.05) is 26.2 Å². The van der Waals surface area contributed by atoms with Crippen molar-refractivity contribution >= 4 is 0 Å². The Morgan fingerprint density at radius 1 is 1.22 bits per heavy atom. The number of aromatic nitrogens is 1. The summed E-state index contributed by atoms with van der Waals surface area (Å²) < 4.78 is 5.28. The lowest BCUT2D eigenvalue weighted by Gasteiger charge is -2.20. The third-order valence-electron chi connectivity index (χ3n) is 4.71. The molecule has 3 fully saturated rings. The first-order valence-corrected chi connectivity index (χ1v) is 7.15. The van der Waals surface area contributed by atoms with E-state index in [2.05, 4.69) is 14.8 Å². The Kier molecular flexibility index (Phi) is 2.49. The largest absolute Gasteiger partial charge is 0.449 e. The van der Waals surface area contributed by atoms with E-state index < -0.39 is 0 Å². The minimum atomic E-state index is 0.782. The molecule has 2 atom stereocenters. The van der Waals surface area contributed by atoms with Gasteiger partial charge in [-0.25, -0.2) is 4.98 Å². The van der Waals surface area contributed by atoms with E-state index in [1.807, 2.05) is 6.92 Å². The van der Waals surface area contributed by atoms with Crippen LogP contribution in [0.5, 0.6) is 0 Å². The molecule has 18 heavy (non-hydrogen) atoms. The first-order valence-electron chi connectivity index (χ1n) is 7.15. The zero-order chi connectivity index (χ0) is 12.1. The fourth-order valence-electron chi connectivity index (χ4n) is 3.70. The van der Waals surface area contributed by atoms with E-state index >= 15 is 0 Å². The molecule has 4 nitrogen and oxygen atoms in total. The van der Waals surface area contributed by atoms with Gasteiger partial charge in [-0.15, -0.1) is 0 Å². The van der Waals surface area contributed by atoms with Gasteiger partial charge in [0.25, 0.3) is 0 Å². The Bertz CT molecular complexity index is 426. The summed E-state index contributed by atoms with van der Waals surface area (Å²) in [4.78, 5) is 9.68. The molecule has 0 amide bonds. The highest BCUT2D eigenvalue weighted by Gasteiger charge is 2.44. The molecule has 2 aliphatic heterocycles. The van der Waals surface area contributed by atoms with E-state index in [0.29, 0.717) is 0 Å². The highest BCUT2D eigenvalue weighted by Crippen LogP contribution is 2.38. The molecule has 1 aliphatic carbocycles. The summed E-state index contributed by atoms with van der Waals surface area (Å²) in [6.45, 7) is 8.05. The summed E-state index contributed by atoms with van der Waals surface area (Å²) in [6, 6.07) is 0.947. The Labute approximate surface area is 108 Å². The second-order valence-electron chi connectivity index (χ2n) is 6.26. The van der Waals surface area contributed by atoms with Crippen molar-refractivity contribution < 1.29 is 4.42 Å². The second kappa shape index (κ2) is 4.07. The Morgan fingerprint density at radius 3 is 2.50 bits per heavy atom. The van der Waals surface area contributed by atoms with Gasteiger partial charge in [-0.05, 0) is 24.7 Å². The standard InChI is InChI=1S/C14H21N3O/c1-10-15-13(9-18-10)8-16-4-11-6-17(14-2-3-14)7-12(11)5-16/h9,11-12,14H,2-8H2,1H3. The van der Waals surface area contributed by atoms with Crippen LogP contribution in [-0.4, -0.2) is 47.0 Å². The molecule has 3 aliphatic rings. The molecule has 0 N–H and O–H groups in total. The van der Waals surface area contributed by atoms with Crippen molar-refractivity contribution in [2.24, 2.45) is 11.8 Å². The zero-order valence-corrected chi connectivity index (χ0v) is 11.0. The molecular formula is C14H21N3O. The monoisotopic (exact) mass is 247 g/mol. The predicted molar refractivity (Wildman–Crippen MR) is 68.1 cm³/mol. The van der Waals surface area contributed by atoms with E-state index in [1.54, 1.807) is 6.26 Å². The maximum Gasteiger partial charge on any atom is 0.191 e. The Balaban J connectivity index is 1.35. The first kappa shape index (κ1) is 11.0. The molecule has 3 heterocycles. The minimum Gasteiger partial charge on any atom is -0.449 e. The van der Waals surface area contributed by atoms with Crippen molar-refractivity contribution in [3.63, 3.8) is 0 Å². The van der Waals surface area contributed by atoms with Crippen molar-refractivity contribution in [1.82, 2.24) is 14.8 Å². The van der Waals surface area contributed by atoms with Crippen LogP contribution in [0.3, 0.4) is 0 Å². The number of fused-ring (bicyclic) bond motifs is 1. The number of oxazole rings is 1. The van der Waals surface area contributed by atoms with Gasteiger partial charge < -0.3 is 4.42 Å². The number of hydrogen-bond donors (Lipinski definition) is 0. The van der Waals surface area contributed by atoms with Crippen LogP contribution >= 0.6 is 0 Å². The van der Waals surface area contributed by atoms with Gasteiger partial charge in [0.15, 0.2) is 5.89 Å². The third-order valence-corrected chi connectivity index (χ3v) is 4.71. The molecule has 4 heteroatoms. The van der Waals surface area contributed by atoms with Crippen molar-refractivity contribution in [2.45, 2.75) is 32.4 Å². The lowest BCUT2D eigenvalue weighted by atomic mass is 10.0. The summed E-state index contributed by atoms with van der Waals surface area (Å²) >= 11 is 0. The van der Waals surface area contributed by atoms with E-state index in [9.17, 15) is 0 Å². The average Bonchev–Trinajstić information content (AvgIpc) is 2.84. The fourth-order valence-corrected chi connectivity index (χ4v) is 3.70. The normalized spacial score (nSPS) is 33.2. The topological polar surface area (TPSA) is 32.5 Å². The smallest absolute Gasteiger partial charge is 0.191 e. The van der Waals surface area contributed by atoms with Gasteiger partial charge in [-0.3, -0.25) is 9.80 Å². The van der Waals surface area contributed by atoms with Gasteiger partial charge in [0, 0.05) is 45.7 Å². The van der Waals surface area contributed by atoms with Crippen LogP contribution in [0.25, 0.3) is 0 Å². The maximum atomic E-state index is 5.28. The Morgan fingerprint density at radius 2 is 1.94 bits per heavy atom. The summed E-state index contributed by atoms with van der Waals surface area (Å²) in [6.07, 6.45) is 4.70. The molecule has 1 saturated carbocycles. The lowest BCUT2D eigenvalue weighted by molar-refractivity contribution is 0.244. The molecule has 98 valence electrons. The van der Waals surface area contributed by atoms with Crippen molar-refractivity contribution in [1.29, 1.82) is 0 Å². The van der Waals surface area contributed by atoms with Crippen LogP contribution in [0.1, 0.15) is 24.4 Å². The van der Waals surface area contributed by atoms with Gasteiger partial charge in [0.1, 0.15) is 6.26 Å².